The first-order valence-corrected chi connectivity index (χ1v) is 10.9. The maximum Gasteiger partial charge on any atom is 0.333 e. The number of ether oxygens (including phenoxy) is 1. The Labute approximate surface area is 159 Å². The van der Waals surface area contributed by atoms with E-state index in [0.29, 0.717) is 23.9 Å². The average Bonchev–Trinajstić information content (AvgIpc) is 2.95. The van der Waals surface area contributed by atoms with Gasteiger partial charge in [0, 0.05) is 18.1 Å². The van der Waals surface area contributed by atoms with Gasteiger partial charge in [-0.1, -0.05) is 53.5 Å². The molecule has 3 rings (SSSR count). The van der Waals surface area contributed by atoms with Crippen molar-refractivity contribution in [1.29, 1.82) is 0 Å². The third-order valence-electron chi connectivity index (χ3n) is 3.53. The first-order valence-electron chi connectivity index (χ1n) is 7.91. The van der Waals surface area contributed by atoms with Gasteiger partial charge < -0.3 is 9.64 Å². The molecule has 0 bridgehead atoms. The zero-order valence-corrected chi connectivity index (χ0v) is 16.2. The second-order valence-electron chi connectivity index (χ2n) is 5.21. The van der Waals surface area contributed by atoms with Gasteiger partial charge in [-0.05, 0) is 18.6 Å². The van der Waals surface area contributed by atoms with Crippen LogP contribution in [0.1, 0.15) is 12.5 Å². The summed E-state index contributed by atoms with van der Waals surface area (Å²) in [5.41, 5.74) is 2.28. The molecule has 0 aromatic heterocycles. The molecule has 25 heavy (non-hydrogen) atoms. The van der Waals surface area contributed by atoms with E-state index in [1.54, 1.807) is 35.3 Å². The van der Waals surface area contributed by atoms with E-state index in [2.05, 4.69) is 11.1 Å². The number of fused-ring (bicyclic) bond motifs is 1. The van der Waals surface area contributed by atoms with E-state index >= 15 is 0 Å². The molecule has 2 aliphatic rings. The van der Waals surface area contributed by atoms with Gasteiger partial charge in [-0.3, -0.25) is 4.79 Å². The summed E-state index contributed by atoms with van der Waals surface area (Å²) in [5, 5.41) is 0.674. The quantitative estimate of drug-likeness (QED) is 0.561. The molecule has 0 spiro atoms. The molecule has 0 atom stereocenters. The Morgan fingerprint density at radius 2 is 2.20 bits per heavy atom. The number of esters is 1. The third kappa shape index (κ3) is 4.83. The predicted molar refractivity (Wildman–Crippen MR) is 106 cm³/mol. The molecule has 5 nitrogen and oxygen atoms in total. The van der Waals surface area contributed by atoms with Crippen LogP contribution in [0.25, 0.3) is 0 Å². The summed E-state index contributed by atoms with van der Waals surface area (Å²) in [7, 11) is 0. The minimum absolute atomic E-state index is 0.0322. The molecule has 0 aliphatic carbocycles. The number of aliphatic imine (C=N–C) groups is 1. The number of nitrogens with zero attached hydrogens (tertiary/aromatic N) is 2. The average molecular weight is 395 g/mol. The van der Waals surface area contributed by atoms with E-state index in [-0.39, 0.29) is 5.91 Å². The zero-order valence-electron chi connectivity index (χ0n) is 13.8. The van der Waals surface area contributed by atoms with Crippen LogP contribution in [-0.2, 0) is 20.1 Å². The molecule has 1 aromatic rings. The Hall–Kier alpha value is -1.38. The second kappa shape index (κ2) is 8.82. The molecular formula is C17H18N2O3S3. The minimum Gasteiger partial charge on any atom is -0.463 e. The van der Waals surface area contributed by atoms with E-state index in [9.17, 15) is 9.59 Å². The van der Waals surface area contributed by atoms with Crippen molar-refractivity contribution in [3.63, 3.8) is 0 Å². The Bertz CT molecular complexity index is 734. The van der Waals surface area contributed by atoms with Crippen LogP contribution in [0.4, 0.5) is 5.69 Å². The maximum absolute atomic E-state index is 12.0. The third-order valence-corrected chi connectivity index (χ3v) is 6.78. The molecule has 1 amide bonds. The highest BCUT2D eigenvalue weighted by atomic mass is 32.2. The van der Waals surface area contributed by atoms with Crippen molar-refractivity contribution in [3.05, 3.63) is 40.9 Å². The summed E-state index contributed by atoms with van der Waals surface area (Å²) in [6.45, 7) is 2.65. The van der Waals surface area contributed by atoms with Crippen LogP contribution in [0.3, 0.4) is 0 Å². The number of amides is 1. The standard InChI is InChI=1S/C17H18N2O3S3/c1-2-22-16(21)9-15-19(14(20)11-24-15)7-8-23-17-18-13-6-4-3-5-12(13)10-25-17/h3-6,9H,2,7-8,10-11H2,1H3/b15-9-. The van der Waals surface area contributed by atoms with Crippen molar-refractivity contribution >= 4 is 57.2 Å². The maximum atomic E-state index is 12.0. The highest BCUT2D eigenvalue weighted by Crippen LogP contribution is 2.35. The lowest BCUT2D eigenvalue weighted by molar-refractivity contribution is -0.137. The molecule has 0 N–H and O–H groups in total. The number of hydrogen-bond donors (Lipinski definition) is 0. The van der Waals surface area contributed by atoms with Crippen LogP contribution in [0, 0.1) is 0 Å². The van der Waals surface area contributed by atoms with Crippen molar-refractivity contribution in [3.8, 4) is 0 Å². The van der Waals surface area contributed by atoms with Gasteiger partial charge >= 0.3 is 5.97 Å². The topological polar surface area (TPSA) is 59.0 Å². The fourth-order valence-corrected chi connectivity index (χ4v) is 5.38. The Balaban J connectivity index is 1.57. The van der Waals surface area contributed by atoms with E-state index in [1.165, 1.54) is 23.4 Å². The number of carbonyl (C=O) groups excluding carboxylic acids is 2. The number of hydrogen-bond acceptors (Lipinski definition) is 7. The second-order valence-corrected chi connectivity index (χ2v) is 8.51. The number of carbonyl (C=O) groups is 2. The lowest BCUT2D eigenvalue weighted by Gasteiger charge is -2.18. The van der Waals surface area contributed by atoms with E-state index in [1.807, 2.05) is 18.2 Å². The van der Waals surface area contributed by atoms with Crippen LogP contribution in [0.2, 0.25) is 0 Å². The van der Waals surface area contributed by atoms with Gasteiger partial charge in [0.2, 0.25) is 5.91 Å². The summed E-state index contributed by atoms with van der Waals surface area (Å²) in [4.78, 5) is 30.0. The number of para-hydroxylation sites is 1. The summed E-state index contributed by atoms with van der Waals surface area (Å²) in [6.07, 6.45) is 1.41. The van der Waals surface area contributed by atoms with Crippen LogP contribution >= 0.6 is 35.3 Å². The lowest BCUT2D eigenvalue weighted by Crippen LogP contribution is -2.27. The smallest absolute Gasteiger partial charge is 0.333 e. The van der Waals surface area contributed by atoms with Gasteiger partial charge in [0.1, 0.15) is 4.38 Å². The van der Waals surface area contributed by atoms with Gasteiger partial charge in [0.05, 0.1) is 29.2 Å². The molecular weight excluding hydrogens is 376 g/mol. The highest BCUT2D eigenvalue weighted by Gasteiger charge is 2.27. The Morgan fingerprint density at radius 3 is 3.04 bits per heavy atom. The summed E-state index contributed by atoms with van der Waals surface area (Å²) in [5.74, 6) is 1.67. The van der Waals surface area contributed by atoms with E-state index in [4.69, 9.17) is 4.74 Å². The zero-order chi connectivity index (χ0) is 17.6. The molecule has 1 fully saturated rings. The molecule has 1 saturated heterocycles. The van der Waals surface area contributed by atoms with Gasteiger partial charge in [-0.25, -0.2) is 9.79 Å². The number of rotatable bonds is 5. The van der Waals surface area contributed by atoms with Gasteiger partial charge in [-0.2, -0.15) is 0 Å². The van der Waals surface area contributed by atoms with Gasteiger partial charge in [-0.15, -0.1) is 0 Å². The fourth-order valence-electron chi connectivity index (χ4n) is 2.36. The number of benzene rings is 1. The lowest BCUT2D eigenvalue weighted by atomic mass is 10.2. The molecule has 132 valence electrons. The molecule has 0 radical (unpaired) electrons. The van der Waals surface area contributed by atoms with Crippen molar-refractivity contribution in [2.45, 2.75) is 12.7 Å². The molecule has 8 heteroatoms. The Morgan fingerprint density at radius 1 is 1.36 bits per heavy atom. The first-order chi connectivity index (χ1) is 12.2. The summed E-state index contributed by atoms with van der Waals surface area (Å²) < 4.78 is 5.95. The van der Waals surface area contributed by atoms with Crippen molar-refractivity contribution in [2.75, 3.05) is 24.7 Å². The normalized spacial score (nSPS) is 18.3. The van der Waals surface area contributed by atoms with Gasteiger partial charge in [0.15, 0.2) is 0 Å². The fraction of sp³-hybridized carbons (Fsp3) is 0.353. The first kappa shape index (κ1) is 18.4. The largest absolute Gasteiger partial charge is 0.463 e. The van der Waals surface area contributed by atoms with Crippen LogP contribution in [-0.4, -0.2) is 45.8 Å². The molecule has 1 aromatic carbocycles. The minimum atomic E-state index is -0.402. The van der Waals surface area contributed by atoms with Crippen LogP contribution in [0.5, 0.6) is 0 Å². The molecule has 2 heterocycles. The molecule has 0 saturated carbocycles. The van der Waals surface area contributed by atoms with E-state index in [0.717, 1.165) is 21.6 Å². The molecule has 2 aliphatic heterocycles. The SMILES string of the molecule is CCOC(=O)/C=C1\SCC(=O)N1CCSC1=Nc2ccccc2CS1. The van der Waals surface area contributed by atoms with Crippen LogP contribution < -0.4 is 0 Å². The monoisotopic (exact) mass is 394 g/mol. The van der Waals surface area contributed by atoms with Crippen molar-refractivity contribution in [1.82, 2.24) is 4.90 Å². The Kier molecular flexibility index (Phi) is 6.50. The predicted octanol–water partition coefficient (Wildman–Crippen LogP) is 3.63. The van der Waals surface area contributed by atoms with Gasteiger partial charge in [0.25, 0.3) is 0 Å². The highest BCUT2D eigenvalue weighted by molar-refractivity contribution is 8.38. The summed E-state index contributed by atoms with van der Waals surface area (Å²) in [6, 6.07) is 8.14. The number of thioether (sulfide) groups is 3. The summed E-state index contributed by atoms with van der Waals surface area (Å²) >= 11 is 4.75. The molecule has 0 unspecified atom stereocenters. The van der Waals surface area contributed by atoms with Crippen molar-refractivity contribution in [2.24, 2.45) is 4.99 Å². The van der Waals surface area contributed by atoms with Crippen molar-refractivity contribution < 1.29 is 14.3 Å². The van der Waals surface area contributed by atoms with Crippen LogP contribution in [0.15, 0.2) is 40.4 Å². The van der Waals surface area contributed by atoms with E-state index < -0.39 is 5.97 Å².